The average molecular weight is 364 g/mol. The molecule has 0 spiro atoms. The predicted octanol–water partition coefficient (Wildman–Crippen LogP) is 1.74. The number of rotatable bonds is 3. The van der Waals surface area contributed by atoms with E-state index in [0.717, 1.165) is 35.0 Å². The molecular weight excluding hydrogens is 344 g/mol. The molecule has 9 nitrogen and oxygen atoms in total. The van der Waals surface area contributed by atoms with Gasteiger partial charge in [0, 0.05) is 26.0 Å². The number of nitrogens with zero attached hydrogens (tertiary/aromatic N) is 7. The second-order valence-corrected chi connectivity index (χ2v) is 6.70. The van der Waals surface area contributed by atoms with Crippen LogP contribution in [0.15, 0.2) is 36.7 Å². The maximum absolute atomic E-state index is 5.61. The Morgan fingerprint density at radius 3 is 2.81 bits per heavy atom. The normalized spacial score (nSPS) is 17.7. The lowest BCUT2D eigenvalue weighted by molar-refractivity contribution is 0.0986. The molecule has 1 unspecified atom stereocenters. The summed E-state index contributed by atoms with van der Waals surface area (Å²) in [6.07, 6.45) is 3.49. The molecule has 1 atom stereocenters. The van der Waals surface area contributed by atoms with Gasteiger partial charge in [-0.3, -0.25) is 9.78 Å². The predicted molar refractivity (Wildman–Crippen MR) is 100 cm³/mol. The Morgan fingerprint density at radius 1 is 1.15 bits per heavy atom. The summed E-state index contributed by atoms with van der Waals surface area (Å²) in [7, 11) is 1.89. The van der Waals surface area contributed by atoms with Gasteiger partial charge in [-0.2, -0.15) is 10.2 Å². The van der Waals surface area contributed by atoms with Crippen LogP contribution in [0, 0.1) is 0 Å². The summed E-state index contributed by atoms with van der Waals surface area (Å²) in [6, 6.07) is 8.19. The molecule has 0 radical (unpaired) electrons. The maximum Gasteiger partial charge on any atom is 0.200 e. The first kappa shape index (κ1) is 16.0. The summed E-state index contributed by atoms with van der Waals surface area (Å²) in [5.74, 6) is 1.54. The minimum absolute atomic E-state index is 0.238. The van der Waals surface area contributed by atoms with Crippen molar-refractivity contribution in [2.45, 2.75) is 13.0 Å². The van der Waals surface area contributed by atoms with Gasteiger partial charge < -0.3 is 9.64 Å². The molecule has 1 saturated heterocycles. The summed E-state index contributed by atoms with van der Waals surface area (Å²) in [5, 5.41) is 16.2. The second-order valence-electron chi connectivity index (χ2n) is 6.70. The Labute approximate surface area is 155 Å². The first-order valence-electron chi connectivity index (χ1n) is 8.94. The Hall–Kier alpha value is -3.20. The van der Waals surface area contributed by atoms with Crippen LogP contribution >= 0.6 is 0 Å². The third kappa shape index (κ3) is 2.58. The van der Waals surface area contributed by atoms with Crippen molar-refractivity contribution in [2.24, 2.45) is 7.05 Å². The van der Waals surface area contributed by atoms with Crippen LogP contribution in [0.3, 0.4) is 0 Å². The lowest BCUT2D eigenvalue weighted by atomic mass is 10.2. The molecule has 1 aliphatic rings. The number of aryl methyl sites for hydroxylation is 1. The quantitative estimate of drug-likeness (QED) is 0.596. The second kappa shape index (κ2) is 6.20. The van der Waals surface area contributed by atoms with Crippen molar-refractivity contribution in [2.75, 3.05) is 24.7 Å². The highest BCUT2D eigenvalue weighted by molar-refractivity contribution is 5.76. The van der Waals surface area contributed by atoms with E-state index in [9.17, 15) is 0 Å². The number of hydrogen-bond donors (Lipinski definition) is 1. The topological polar surface area (TPSA) is 89.2 Å². The molecule has 4 aromatic heterocycles. The molecule has 0 aliphatic carbocycles. The van der Waals surface area contributed by atoms with Crippen LogP contribution in [0.2, 0.25) is 0 Å². The summed E-state index contributed by atoms with van der Waals surface area (Å²) in [4.78, 5) is 7.21. The smallest absolute Gasteiger partial charge is 0.200 e. The zero-order valence-electron chi connectivity index (χ0n) is 15.2. The Balaban J connectivity index is 1.76. The molecule has 1 fully saturated rings. The van der Waals surface area contributed by atoms with Crippen LogP contribution in [0.4, 0.5) is 5.82 Å². The number of nitrogens with one attached hydrogen (secondary N) is 1. The van der Waals surface area contributed by atoms with E-state index in [1.54, 1.807) is 17.1 Å². The number of aromatic nitrogens is 7. The van der Waals surface area contributed by atoms with E-state index in [4.69, 9.17) is 14.8 Å². The highest BCUT2D eigenvalue weighted by Crippen LogP contribution is 2.30. The largest absolute Gasteiger partial charge is 0.377 e. The number of fused-ring (bicyclic) bond motifs is 1. The number of ether oxygens (including phenoxy) is 1. The van der Waals surface area contributed by atoms with E-state index in [1.165, 1.54) is 0 Å². The molecule has 4 aromatic rings. The van der Waals surface area contributed by atoms with Gasteiger partial charge in [0.05, 0.1) is 30.6 Å². The fourth-order valence-corrected chi connectivity index (χ4v) is 3.54. The van der Waals surface area contributed by atoms with Gasteiger partial charge >= 0.3 is 0 Å². The van der Waals surface area contributed by atoms with Gasteiger partial charge in [-0.15, -0.1) is 5.10 Å². The van der Waals surface area contributed by atoms with Crippen molar-refractivity contribution in [3.05, 3.63) is 36.7 Å². The van der Waals surface area contributed by atoms with Crippen molar-refractivity contribution < 1.29 is 4.74 Å². The van der Waals surface area contributed by atoms with Gasteiger partial charge in [-0.25, -0.2) is 9.50 Å². The van der Waals surface area contributed by atoms with Gasteiger partial charge in [0.1, 0.15) is 11.2 Å². The number of morpholine rings is 1. The lowest BCUT2D eigenvalue weighted by Crippen LogP contribution is -2.44. The first-order valence-corrected chi connectivity index (χ1v) is 8.94. The fraction of sp³-hybridized carbons (Fsp3) is 0.333. The average Bonchev–Trinajstić information content (AvgIpc) is 3.41. The molecular formula is C18H20N8O. The summed E-state index contributed by atoms with van der Waals surface area (Å²) >= 11 is 0. The van der Waals surface area contributed by atoms with E-state index in [2.05, 4.69) is 33.2 Å². The zero-order chi connectivity index (χ0) is 18.4. The van der Waals surface area contributed by atoms with E-state index >= 15 is 0 Å². The lowest BCUT2D eigenvalue weighted by Gasteiger charge is -2.34. The van der Waals surface area contributed by atoms with Crippen LogP contribution < -0.4 is 4.90 Å². The van der Waals surface area contributed by atoms with Gasteiger partial charge in [0.2, 0.25) is 0 Å². The molecule has 0 aromatic carbocycles. The minimum atomic E-state index is 0.238. The summed E-state index contributed by atoms with van der Waals surface area (Å²) in [6.45, 7) is 4.32. The van der Waals surface area contributed by atoms with Crippen LogP contribution in [-0.4, -0.2) is 60.4 Å². The van der Waals surface area contributed by atoms with Gasteiger partial charge in [0.15, 0.2) is 11.6 Å². The van der Waals surface area contributed by atoms with E-state index < -0.39 is 0 Å². The van der Waals surface area contributed by atoms with Gasteiger partial charge in [-0.1, -0.05) is 0 Å². The van der Waals surface area contributed by atoms with Crippen molar-refractivity contribution in [1.29, 1.82) is 0 Å². The third-order valence-electron chi connectivity index (χ3n) is 4.96. The van der Waals surface area contributed by atoms with Crippen molar-refractivity contribution >= 4 is 11.3 Å². The molecule has 0 bridgehead atoms. The number of aromatic amines is 1. The Kier molecular flexibility index (Phi) is 3.68. The highest BCUT2D eigenvalue weighted by Gasteiger charge is 2.25. The summed E-state index contributed by atoms with van der Waals surface area (Å²) in [5.41, 5.74) is 3.67. The van der Waals surface area contributed by atoms with Crippen LogP contribution in [0.25, 0.3) is 28.4 Å². The third-order valence-corrected chi connectivity index (χ3v) is 4.96. The molecule has 27 heavy (non-hydrogen) atoms. The van der Waals surface area contributed by atoms with Crippen LogP contribution in [0.1, 0.15) is 6.92 Å². The van der Waals surface area contributed by atoms with E-state index in [1.807, 2.05) is 29.8 Å². The maximum atomic E-state index is 5.61. The van der Waals surface area contributed by atoms with Gasteiger partial charge in [0.25, 0.3) is 0 Å². The zero-order valence-corrected chi connectivity index (χ0v) is 15.2. The van der Waals surface area contributed by atoms with E-state index in [-0.39, 0.29) is 6.04 Å². The number of anilines is 1. The van der Waals surface area contributed by atoms with Crippen LogP contribution in [-0.2, 0) is 11.8 Å². The van der Waals surface area contributed by atoms with Crippen molar-refractivity contribution in [3.63, 3.8) is 0 Å². The molecule has 0 saturated carbocycles. The summed E-state index contributed by atoms with van der Waals surface area (Å²) < 4.78 is 9.33. The van der Waals surface area contributed by atoms with Gasteiger partial charge in [-0.05, 0) is 31.2 Å². The highest BCUT2D eigenvalue weighted by atomic mass is 16.5. The minimum Gasteiger partial charge on any atom is -0.377 e. The van der Waals surface area contributed by atoms with Crippen LogP contribution in [0.5, 0.6) is 0 Å². The van der Waals surface area contributed by atoms with E-state index in [0.29, 0.717) is 19.0 Å². The fourth-order valence-electron chi connectivity index (χ4n) is 3.54. The molecule has 1 N–H and O–H groups in total. The Morgan fingerprint density at radius 2 is 2.07 bits per heavy atom. The monoisotopic (exact) mass is 364 g/mol. The first-order chi connectivity index (χ1) is 13.2. The molecule has 1 aliphatic heterocycles. The SMILES string of the molecule is CC1COCCN1c1nc(-c2ccnn2C)nn2c(-c3ccn[nH]3)ccc12. The molecule has 9 heteroatoms. The molecule has 5 heterocycles. The molecule has 0 amide bonds. The molecule has 138 valence electrons. The van der Waals surface area contributed by atoms with Crippen molar-refractivity contribution in [1.82, 2.24) is 34.6 Å². The number of H-pyrrole nitrogens is 1. The number of hydrogen-bond acceptors (Lipinski definition) is 6. The van der Waals surface area contributed by atoms with Crippen molar-refractivity contribution in [3.8, 4) is 22.9 Å². The standard InChI is InChI=1S/C18H20N8O/c1-12-11-27-10-9-25(12)18-16-4-3-14(13-5-7-19-22-13)26(16)23-17(21-18)15-6-8-20-24(15)2/h3-8,12H,9-11H2,1-2H3,(H,19,22). The molecule has 5 rings (SSSR count). The Bertz CT molecular complexity index is 1080.